The second-order valence-corrected chi connectivity index (χ2v) is 4.97. The van der Waals surface area contributed by atoms with Gasteiger partial charge in [0.05, 0.1) is 11.1 Å². The van der Waals surface area contributed by atoms with Crippen LogP contribution in [-0.2, 0) is 0 Å². The third-order valence-electron chi connectivity index (χ3n) is 2.93. The predicted molar refractivity (Wildman–Crippen MR) is 62.8 cm³/mol. The minimum atomic E-state index is 0.117. The van der Waals surface area contributed by atoms with E-state index in [1.54, 1.807) is 13.1 Å². The molecule has 1 aromatic rings. The predicted octanol–water partition coefficient (Wildman–Crippen LogP) is 2.72. The number of thiazole rings is 1. The molecule has 1 aliphatic heterocycles. The summed E-state index contributed by atoms with van der Waals surface area (Å²) in [6, 6.07) is 0.621. The third kappa shape index (κ3) is 2.04. The number of hydrogen-bond donors (Lipinski definition) is 0. The molecule has 4 heteroatoms. The van der Waals surface area contributed by atoms with Gasteiger partial charge in [0.25, 0.3) is 0 Å². The first-order chi connectivity index (χ1) is 7.22. The summed E-state index contributed by atoms with van der Waals surface area (Å²) in [7, 11) is 0. The molecule has 15 heavy (non-hydrogen) atoms. The lowest BCUT2D eigenvalue weighted by Crippen LogP contribution is -2.28. The number of anilines is 1. The largest absolute Gasteiger partial charge is 0.345 e. The van der Waals surface area contributed by atoms with E-state index in [1.807, 2.05) is 0 Å². The maximum Gasteiger partial charge on any atom is 0.186 e. The Labute approximate surface area is 94.1 Å². The van der Waals surface area contributed by atoms with Crippen molar-refractivity contribution in [2.45, 2.75) is 39.2 Å². The normalized spacial score (nSPS) is 20.9. The summed E-state index contributed by atoms with van der Waals surface area (Å²) >= 11 is 1.52. The van der Waals surface area contributed by atoms with Crippen LogP contribution in [0.1, 0.15) is 42.8 Å². The third-order valence-corrected chi connectivity index (χ3v) is 4.07. The van der Waals surface area contributed by atoms with E-state index in [1.165, 1.54) is 24.2 Å². The molecule has 3 nitrogen and oxygen atoms in total. The van der Waals surface area contributed by atoms with Gasteiger partial charge < -0.3 is 4.90 Å². The monoisotopic (exact) mass is 224 g/mol. The van der Waals surface area contributed by atoms with Crippen LogP contribution in [0.25, 0.3) is 0 Å². The van der Waals surface area contributed by atoms with Gasteiger partial charge in [-0.3, -0.25) is 4.79 Å². The van der Waals surface area contributed by atoms with Crippen LogP contribution in [0.2, 0.25) is 0 Å². The van der Waals surface area contributed by atoms with Crippen LogP contribution in [-0.4, -0.2) is 23.4 Å². The topological polar surface area (TPSA) is 33.2 Å². The summed E-state index contributed by atoms with van der Waals surface area (Å²) in [4.78, 5) is 18.6. The Morgan fingerprint density at radius 2 is 2.53 bits per heavy atom. The highest BCUT2D eigenvalue weighted by molar-refractivity contribution is 7.17. The standard InChI is InChI=1S/C11H16N2OS/c1-3-9-5-4-6-13(9)11-12-7-10(15-11)8(2)14/h7,9H,3-6H2,1-2H3. The number of carbonyl (C=O) groups excluding carboxylic acids is 1. The van der Waals surface area contributed by atoms with Crippen LogP contribution >= 0.6 is 11.3 Å². The van der Waals surface area contributed by atoms with Crippen LogP contribution in [0.5, 0.6) is 0 Å². The molecule has 2 heterocycles. The fourth-order valence-corrected chi connectivity index (χ4v) is 2.98. The molecular weight excluding hydrogens is 208 g/mol. The molecule has 1 fully saturated rings. The Morgan fingerprint density at radius 3 is 3.13 bits per heavy atom. The molecular formula is C11H16N2OS. The van der Waals surface area contributed by atoms with Gasteiger partial charge in [-0.1, -0.05) is 18.3 Å². The minimum Gasteiger partial charge on any atom is -0.345 e. The molecule has 0 amide bonds. The summed E-state index contributed by atoms with van der Waals surface area (Å²) in [6.45, 7) is 4.89. The molecule has 2 rings (SSSR count). The maximum absolute atomic E-state index is 11.2. The van der Waals surface area contributed by atoms with Crippen LogP contribution in [0.4, 0.5) is 5.13 Å². The first kappa shape index (κ1) is 10.6. The van der Waals surface area contributed by atoms with E-state index < -0.39 is 0 Å². The van der Waals surface area contributed by atoms with Crippen molar-refractivity contribution in [3.8, 4) is 0 Å². The van der Waals surface area contributed by atoms with Crippen molar-refractivity contribution < 1.29 is 4.79 Å². The van der Waals surface area contributed by atoms with E-state index in [9.17, 15) is 4.79 Å². The van der Waals surface area contributed by atoms with Crippen molar-refractivity contribution in [3.63, 3.8) is 0 Å². The molecule has 1 unspecified atom stereocenters. The Hall–Kier alpha value is -0.900. The first-order valence-corrected chi connectivity index (χ1v) is 6.27. The van der Waals surface area contributed by atoms with Crippen molar-refractivity contribution in [2.24, 2.45) is 0 Å². The molecule has 1 aliphatic rings. The summed E-state index contributed by atoms with van der Waals surface area (Å²) < 4.78 is 0. The lowest BCUT2D eigenvalue weighted by molar-refractivity contribution is 0.102. The molecule has 0 spiro atoms. The summed E-state index contributed by atoms with van der Waals surface area (Å²) in [6.07, 6.45) is 5.36. The highest BCUT2D eigenvalue weighted by Gasteiger charge is 2.25. The van der Waals surface area contributed by atoms with Gasteiger partial charge >= 0.3 is 0 Å². The van der Waals surface area contributed by atoms with Gasteiger partial charge in [0.2, 0.25) is 0 Å². The van der Waals surface area contributed by atoms with Crippen molar-refractivity contribution in [1.82, 2.24) is 4.98 Å². The minimum absolute atomic E-state index is 0.117. The molecule has 1 aromatic heterocycles. The summed E-state index contributed by atoms with van der Waals surface area (Å²) in [5.74, 6) is 0.117. The first-order valence-electron chi connectivity index (χ1n) is 5.45. The second kappa shape index (κ2) is 4.31. The molecule has 82 valence electrons. The second-order valence-electron chi connectivity index (χ2n) is 3.96. The van der Waals surface area contributed by atoms with Crippen LogP contribution in [0.15, 0.2) is 6.20 Å². The van der Waals surface area contributed by atoms with E-state index in [4.69, 9.17) is 0 Å². The molecule has 0 aromatic carbocycles. The number of Topliss-reactive ketones (excluding diaryl/α,β-unsaturated/α-hetero) is 1. The number of aromatic nitrogens is 1. The molecule has 0 radical (unpaired) electrons. The quantitative estimate of drug-likeness (QED) is 0.740. The zero-order chi connectivity index (χ0) is 10.8. The maximum atomic E-state index is 11.2. The van der Waals surface area contributed by atoms with E-state index in [2.05, 4.69) is 16.8 Å². The van der Waals surface area contributed by atoms with Gasteiger partial charge in [0, 0.05) is 19.5 Å². The number of nitrogens with zero attached hydrogens (tertiary/aromatic N) is 2. The smallest absolute Gasteiger partial charge is 0.186 e. The molecule has 1 saturated heterocycles. The van der Waals surface area contributed by atoms with Gasteiger partial charge in [0.15, 0.2) is 10.9 Å². The van der Waals surface area contributed by atoms with Gasteiger partial charge in [-0.15, -0.1) is 0 Å². The van der Waals surface area contributed by atoms with Crippen molar-refractivity contribution >= 4 is 22.3 Å². The number of hydrogen-bond acceptors (Lipinski definition) is 4. The van der Waals surface area contributed by atoms with E-state index in [0.29, 0.717) is 6.04 Å². The van der Waals surface area contributed by atoms with Crippen molar-refractivity contribution in [1.29, 1.82) is 0 Å². The van der Waals surface area contributed by atoms with Crippen LogP contribution in [0.3, 0.4) is 0 Å². The van der Waals surface area contributed by atoms with Crippen molar-refractivity contribution in [3.05, 3.63) is 11.1 Å². The lowest BCUT2D eigenvalue weighted by atomic mass is 10.2. The van der Waals surface area contributed by atoms with Gasteiger partial charge in [-0.2, -0.15) is 0 Å². The van der Waals surface area contributed by atoms with Gasteiger partial charge in [-0.25, -0.2) is 4.98 Å². The average molecular weight is 224 g/mol. The highest BCUT2D eigenvalue weighted by atomic mass is 32.1. The number of carbonyl (C=O) groups is 1. The number of rotatable bonds is 3. The SMILES string of the molecule is CCC1CCCN1c1ncc(C(C)=O)s1. The van der Waals surface area contributed by atoms with Crippen molar-refractivity contribution in [2.75, 3.05) is 11.4 Å². The fourth-order valence-electron chi connectivity index (χ4n) is 2.07. The van der Waals surface area contributed by atoms with Gasteiger partial charge in [-0.05, 0) is 19.3 Å². The fraction of sp³-hybridized carbons (Fsp3) is 0.636. The van der Waals surface area contributed by atoms with Crippen LogP contribution in [0, 0.1) is 0 Å². The lowest BCUT2D eigenvalue weighted by Gasteiger charge is -2.22. The van der Waals surface area contributed by atoms with Crippen LogP contribution < -0.4 is 4.90 Å². The Bertz CT molecular complexity index is 361. The zero-order valence-corrected chi connectivity index (χ0v) is 10.0. The Balaban J connectivity index is 2.18. The zero-order valence-electron chi connectivity index (χ0n) is 9.19. The molecule has 0 saturated carbocycles. The Morgan fingerprint density at radius 1 is 1.73 bits per heavy atom. The number of ketones is 1. The van der Waals surface area contributed by atoms with E-state index >= 15 is 0 Å². The molecule has 1 atom stereocenters. The molecule has 0 N–H and O–H groups in total. The molecule has 0 aliphatic carbocycles. The summed E-state index contributed by atoms with van der Waals surface area (Å²) in [5.41, 5.74) is 0. The average Bonchev–Trinajstić information content (AvgIpc) is 2.85. The Kier molecular flexibility index (Phi) is 3.05. The van der Waals surface area contributed by atoms with Gasteiger partial charge in [0.1, 0.15) is 0 Å². The molecule has 0 bridgehead atoms. The van der Waals surface area contributed by atoms with E-state index in [-0.39, 0.29) is 5.78 Å². The highest BCUT2D eigenvalue weighted by Crippen LogP contribution is 2.30. The van der Waals surface area contributed by atoms with E-state index in [0.717, 1.165) is 23.0 Å². The summed E-state index contributed by atoms with van der Waals surface area (Å²) in [5, 5.41) is 1.02.